The molecule has 0 radical (unpaired) electrons. The molecule has 2 amide bonds. The summed E-state index contributed by atoms with van der Waals surface area (Å²) in [5.74, 6) is -6.46. The minimum absolute atomic E-state index is 0.0256. The molecule has 2 atom stereocenters. The summed E-state index contributed by atoms with van der Waals surface area (Å²) in [5.41, 5.74) is 5.23. The number of nitrogens with two attached hydrogens (primary N) is 1. The van der Waals surface area contributed by atoms with E-state index in [4.69, 9.17) is 25.8 Å². The van der Waals surface area contributed by atoms with Gasteiger partial charge in [0.2, 0.25) is 11.8 Å². The van der Waals surface area contributed by atoms with Crippen LogP contribution < -0.4 is 16.4 Å². The molecule has 0 rings (SSSR count). The number of rotatable bonds is 9. The summed E-state index contributed by atoms with van der Waals surface area (Å²) in [4.78, 5) is 52.6. The molecular formula is C12H18F3N3O8S. The van der Waals surface area contributed by atoms with Crippen molar-refractivity contribution >= 4 is 42.4 Å². The van der Waals surface area contributed by atoms with Crippen molar-refractivity contribution < 1.29 is 52.5 Å². The molecule has 0 spiro atoms. The van der Waals surface area contributed by atoms with Crippen molar-refractivity contribution in [2.24, 2.45) is 5.73 Å². The van der Waals surface area contributed by atoms with Gasteiger partial charge in [-0.15, -0.1) is 0 Å². The summed E-state index contributed by atoms with van der Waals surface area (Å²) < 4.78 is 31.7. The van der Waals surface area contributed by atoms with Gasteiger partial charge >= 0.3 is 24.1 Å². The summed E-state index contributed by atoms with van der Waals surface area (Å²) >= 11 is 3.87. The van der Waals surface area contributed by atoms with Gasteiger partial charge in [-0.05, 0) is 6.42 Å². The van der Waals surface area contributed by atoms with Crippen molar-refractivity contribution in [3.63, 3.8) is 0 Å². The summed E-state index contributed by atoms with van der Waals surface area (Å²) in [5, 5.41) is 28.5. The van der Waals surface area contributed by atoms with Gasteiger partial charge in [0.1, 0.15) is 18.6 Å². The molecule has 0 aliphatic carbocycles. The smallest absolute Gasteiger partial charge is 0.480 e. The monoisotopic (exact) mass is 421 g/mol. The normalized spacial score (nSPS) is 12.6. The fourth-order valence-electron chi connectivity index (χ4n) is 1.16. The van der Waals surface area contributed by atoms with Crippen molar-refractivity contribution in [2.45, 2.75) is 31.1 Å². The molecule has 7 N–H and O–H groups in total. The number of carbonyl (C=O) groups excluding carboxylic acids is 2. The molecule has 15 heteroatoms. The van der Waals surface area contributed by atoms with Gasteiger partial charge in [0.15, 0.2) is 0 Å². The van der Waals surface area contributed by atoms with E-state index in [1.807, 2.05) is 0 Å². The summed E-state index contributed by atoms with van der Waals surface area (Å²) in [6, 6.07) is -2.15. The quantitative estimate of drug-likeness (QED) is 0.215. The van der Waals surface area contributed by atoms with E-state index in [0.717, 1.165) is 0 Å². The Hall–Kier alpha value is -2.55. The molecule has 0 aromatic carbocycles. The number of carbonyl (C=O) groups is 5. The number of nitrogens with one attached hydrogen (secondary N) is 2. The van der Waals surface area contributed by atoms with Crippen LogP contribution in [0.1, 0.15) is 12.8 Å². The van der Waals surface area contributed by atoms with Gasteiger partial charge in [-0.1, -0.05) is 0 Å². The fraction of sp³-hybridized carbons (Fsp3) is 0.583. The van der Waals surface area contributed by atoms with E-state index in [2.05, 4.69) is 23.3 Å². The number of halogens is 3. The zero-order valence-electron chi connectivity index (χ0n) is 13.5. The lowest BCUT2D eigenvalue weighted by Crippen LogP contribution is -2.49. The fourth-order valence-corrected chi connectivity index (χ4v) is 1.41. The maximum atomic E-state index is 11.5. The van der Waals surface area contributed by atoms with Gasteiger partial charge in [-0.2, -0.15) is 25.8 Å². The van der Waals surface area contributed by atoms with Crippen molar-refractivity contribution in [1.82, 2.24) is 10.6 Å². The minimum atomic E-state index is -5.08. The van der Waals surface area contributed by atoms with E-state index in [0.29, 0.717) is 0 Å². The number of alkyl halides is 3. The van der Waals surface area contributed by atoms with Gasteiger partial charge in [0.25, 0.3) is 0 Å². The Bertz CT molecular complexity index is 558. The molecule has 0 unspecified atom stereocenters. The van der Waals surface area contributed by atoms with Crippen LogP contribution in [0.3, 0.4) is 0 Å². The molecule has 0 fully saturated rings. The molecule has 0 saturated heterocycles. The Kier molecular flexibility index (Phi) is 12.6. The van der Waals surface area contributed by atoms with E-state index in [9.17, 15) is 32.3 Å². The summed E-state index contributed by atoms with van der Waals surface area (Å²) in [7, 11) is 0. The standard InChI is InChI=1S/C10H17N3O6S.C2HF3O2/c11-5(10(18)19)1-2-7(14)13-6(4-20)9(17)12-3-8(15)16;3-2(4,5)1(6)7/h5-6,20H,1-4,11H2,(H,12,17)(H,13,14)(H,15,16)(H,18,19);(H,6,7)/t5-,6-;/m0./s1. The number of aliphatic carboxylic acids is 3. The van der Waals surface area contributed by atoms with Crippen LogP contribution in [-0.2, 0) is 24.0 Å². The lowest BCUT2D eigenvalue weighted by atomic mass is 10.1. The highest BCUT2D eigenvalue weighted by molar-refractivity contribution is 7.80. The van der Waals surface area contributed by atoms with Crippen LogP contribution in [0.4, 0.5) is 13.2 Å². The first-order chi connectivity index (χ1) is 12.2. The number of carboxylic acids is 3. The lowest BCUT2D eigenvalue weighted by Gasteiger charge is -2.16. The third-order valence-corrected chi connectivity index (χ3v) is 2.86. The average molecular weight is 421 g/mol. The van der Waals surface area contributed by atoms with Crippen molar-refractivity contribution in [2.75, 3.05) is 12.3 Å². The van der Waals surface area contributed by atoms with Crippen molar-refractivity contribution in [3.8, 4) is 0 Å². The molecule has 156 valence electrons. The Balaban J connectivity index is 0. The molecule has 0 heterocycles. The average Bonchev–Trinajstić information content (AvgIpc) is 2.54. The molecule has 0 aliphatic rings. The highest BCUT2D eigenvalue weighted by Gasteiger charge is 2.38. The van der Waals surface area contributed by atoms with Crippen molar-refractivity contribution in [1.29, 1.82) is 0 Å². The third kappa shape index (κ3) is 14.3. The molecule has 0 aromatic heterocycles. The third-order valence-electron chi connectivity index (χ3n) is 2.49. The van der Waals surface area contributed by atoms with Crippen molar-refractivity contribution in [3.05, 3.63) is 0 Å². The van der Waals surface area contributed by atoms with E-state index in [1.54, 1.807) is 0 Å². The van der Waals surface area contributed by atoms with Gasteiger partial charge in [-0.25, -0.2) is 4.79 Å². The molecule has 0 aliphatic heterocycles. The highest BCUT2D eigenvalue weighted by atomic mass is 32.1. The second-order valence-electron chi connectivity index (χ2n) is 4.70. The molecule has 0 bridgehead atoms. The Labute approximate surface area is 155 Å². The molecule has 0 saturated carbocycles. The second kappa shape index (κ2) is 12.7. The van der Waals surface area contributed by atoms with Gasteiger partial charge in [-0.3, -0.25) is 19.2 Å². The van der Waals surface area contributed by atoms with Crippen LogP contribution in [-0.4, -0.2) is 75.6 Å². The van der Waals surface area contributed by atoms with Crippen LogP contribution in [0.15, 0.2) is 0 Å². The SMILES string of the molecule is N[C@@H](CCC(=O)N[C@@H](CS)C(=O)NCC(=O)O)C(=O)O.O=C(O)C(F)(F)F. The van der Waals surface area contributed by atoms with Crippen LogP contribution >= 0.6 is 12.6 Å². The maximum Gasteiger partial charge on any atom is 0.490 e. The Morgan fingerprint density at radius 2 is 1.56 bits per heavy atom. The molecule has 27 heavy (non-hydrogen) atoms. The topological polar surface area (TPSA) is 196 Å². The van der Waals surface area contributed by atoms with E-state index in [-0.39, 0.29) is 18.6 Å². The van der Waals surface area contributed by atoms with Gasteiger partial charge in [0.05, 0.1) is 0 Å². The number of hydrogen-bond acceptors (Lipinski definition) is 7. The second-order valence-corrected chi connectivity index (χ2v) is 5.07. The predicted molar refractivity (Wildman–Crippen MR) is 85.0 cm³/mol. The predicted octanol–water partition coefficient (Wildman–Crippen LogP) is -1.57. The minimum Gasteiger partial charge on any atom is -0.480 e. The number of carboxylic acid groups (broad SMARTS) is 3. The zero-order chi connectivity index (χ0) is 21.8. The highest BCUT2D eigenvalue weighted by Crippen LogP contribution is 2.13. The van der Waals surface area contributed by atoms with Crippen LogP contribution in [0, 0.1) is 0 Å². The summed E-state index contributed by atoms with van der Waals surface area (Å²) in [6.45, 7) is -0.567. The van der Waals surface area contributed by atoms with Gasteiger partial charge < -0.3 is 31.7 Å². The van der Waals surface area contributed by atoms with Crippen LogP contribution in [0.2, 0.25) is 0 Å². The largest absolute Gasteiger partial charge is 0.490 e. The van der Waals surface area contributed by atoms with Crippen LogP contribution in [0.5, 0.6) is 0 Å². The van der Waals surface area contributed by atoms with Gasteiger partial charge in [0, 0.05) is 12.2 Å². The lowest BCUT2D eigenvalue weighted by molar-refractivity contribution is -0.192. The zero-order valence-corrected chi connectivity index (χ0v) is 14.4. The Morgan fingerprint density at radius 3 is 1.89 bits per heavy atom. The number of thiol groups is 1. The Morgan fingerprint density at radius 1 is 1.07 bits per heavy atom. The molecular weight excluding hydrogens is 403 g/mol. The van der Waals surface area contributed by atoms with E-state index < -0.39 is 54.5 Å². The van der Waals surface area contributed by atoms with Crippen LogP contribution in [0.25, 0.3) is 0 Å². The van der Waals surface area contributed by atoms with E-state index >= 15 is 0 Å². The number of hydrogen-bond donors (Lipinski definition) is 7. The first-order valence-electron chi connectivity index (χ1n) is 6.90. The first kappa shape index (κ1) is 26.7. The molecule has 11 nitrogen and oxygen atoms in total. The first-order valence-corrected chi connectivity index (χ1v) is 7.53. The maximum absolute atomic E-state index is 11.5. The summed E-state index contributed by atoms with van der Waals surface area (Å²) in [6.07, 6.45) is -5.32. The van der Waals surface area contributed by atoms with E-state index in [1.165, 1.54) is 0 Å². The molecule has 0 aromatic rings. The number of amides is 2.